The van der Waals surface area contributed by atoms with Crippen LogP contribution < -0.4 is 5.32 Å². The molecular formula is C19H20N4O3. The molecule has 2 heterocycles. The zero-order valence-corrected chi connectivity index (χ0v) is 14.6. The summed E-state index contributed by atoms with van der Waals surface area (Å²) in [6.07, 6.45) is 3.55. The Bertz CT molecular complexity index is 945. The molecule has 0 saturated heterocycles. The van der Waals surface area contributed by atoms with Crippen molar-refractivity contribution in [3.05, 3.63) is 54.5 Å². The fraction of sp³-hybridized carbons (Fsp3) is 0.263. The van der Waals surface area contributed by atoms with E-state index in [1.54, 1.807) is 32.3 Å². The van der Waals surface area contributed by atoms with Gasteiger partial charge in [-0.1, -0.05) is 12.1 Å². The van der Waals surface area contributed by atoms with Crippen molar-refractivity contribution in [3.63, 3.8) is 0 Å². The number of imidazole rings is 1. The molecule has 0 radical (unpaired) electrons. The SMILES string of the molecule is CC(C)(CCC(=O)O)NC(=O)c1ccc(-n2cnc3ccccc32)nc1. The predicted octanol–water partition coefficient (Wildman–Crippen LogP) is 2.79. The first-order chi connectivity index (χ1) is 12.4. The number of rotatable bonds is 6. The molecule has 0 fully saturated rings. The van der Waals surface area contributed by atoms with E-state index in [9.17, 15) is 9.59 Å². The third-order valence-corrected chi connectivity index (χ3v) is 4.13. The van der Waals surface area contributed by atoms with Crippen molar-refractivity contribution in [3.8, 4) is 5.82 Å². The number of amides is 1. The topological polar surface area (TPSA) is 97.1 Å². The Morgan fingerprint density at radius 1 is 1.15 bits per heavy atom. The lowest BCUT2D eigenvalue weighted by molar-refractivity contribution is -0.137. The van der Waals surface area contributed by atoms with Crippen LogP contribution in [0.5, 0.6) is 0 Å². The van der Waals surface area contributed by atoms with Gasteiger partial charge < -0.3 is 10.4 Å². The minimum absolute atomic E-state index is 0.00181. The molecule has 7 heteroatoms. The van der Waals surface area contributed by atoms with Crippen LogP contribution in [0, 0.1) is 0 Å². The third-order valence-electron chi connectivity index (χ3n) is 4.13. The normalized spacial score (nSPS) is 11.5. The van der Waals surface area contributed by atoms with Crippen LogP contribution in [0.1, 0.15) is 37.0 Å². The summed E-state index contributed by atoms with van der Waals surface area (Å²) in [7, 11) is 0. The Morgan fingerprint density at radius 2 is 1.92 bits per heavy atom. The van der Waals surface area contributed by atoms with E-state index in [1.165, 1.54) is 6.20 Å². The highest BCUT2D eigenvalue weighted by Gasteiger charge is 2.22. The number of aliphatic carboxylic acids is 1. The summed E-state index contributed by atoms with van der Waals surface area (Å²) in [6.45, 7) is 3.60. The van der Waals surface area contributed by atoms with Crippen LogP contribution in [-0.4, -0.2) is 37.1 Å². The number of carbonyl (C=O) groups is 2. The lowest BCUT2D eigenvalue weighted by atomic mass is 9.98. The van der Waals surface area contributed by atoms with E-state index in [2.05, 4.69) is 15.3 Å². The number of para-hydroxylation sites is 2. The van der Waals surface area contributed by atoms with Crippen molar-refractivity contribution in [1.82, 2.24) is 19.9 Å². The Labute approximate surface area is 150 Å². The van der Waals surface area contributed by atoms with E-state index in [1.807, 2.05) is 28.8 Å². The lowest BCUT2D eigenvalue weighted by Gasteiger charge is -2.25. The molecule has 2 aromatic heterocycles. The van der Waals surface area contributed by atoms with Gasteiger partial charge in [0.15, 0.2) is 0 Å². The molecule has 0 spiro atoms. The molecule has 3 aromatic rings. The Hall–Kier alpha value is -3.22. The highest BCUT2D eigenvalue weighted by molar-refractivity contribution is 5.94. The number of hydrogen-bond acceptors (Lipinski definition) is 4. The highest BCUT2D eigenvalue weighted by atomic mass is 16.4. The van der Waals surface area contributed by atoms with Gasteiger partial charge in [-0.15, -0.1) is 0 Å². The van der Waals surface area contributed by atoms with Crippen LogP contribution >= 0.6 is 0 Å². The number of carbonyl (C=O) groups excluding carboxylic acids is 1. The van der Waals surface area contributed by atoms with Gasteiger partial charge in [-0.05, 0) is 44.5 Å². The fourth-order valence-electron chi connectivity index (χ4n) is 2.67. The highest BCUT2D eigenvalue weighted by Crippen LogP contribution is 2.17. The number of nitrogens with zero attached hydrogens (tertiary/aromatic N) is 3. The molecule has 0 aliphatic rings. The van der Waals surface area contributed by atoms with Crippen molar-refractivity contribution in [1.29, 1.82) is 0 Å². The van der Waals surface area contributed by atoms with Crippen molar-refractivity contribution < 1.29 is 14.7 Å². The standard InChI is InChI=1S/C19H20N4O3/c1-19(2,10-9-17(24)25)22-18(26)13-7-8-16(20-11-13)23-12-21-14-5-3-4-6-15(14)23/h3-8,11-12H,9-10H2,1-2H3,(H,22,26)(H,24,25). The zero-order chi connectivity index (χ0) is 18.7. The van der Waals surface area contributed by atoms with Gasteiger partial charge in [0.25, 0.3) is 5.91 Å². The molecule has 1 aromatic carbocycles. The number of benzene rings is 1. The molecule has 7 nitrogen and oxygen atoms in total. The molecule has 0 atom stereocenters. The third kappa shape index (κ3) is 3.88. The van der Waals surface area contributed by atoms with Crippen molar-refractivity contribution in [2.24, 2.45) is 0 Å². The second kappa shape index (κ2) is 6.95. The van der Waals surface area contributed by atoms with E-state index >= 15 is 0 Å². The molecular weight excluding hydrogens is 332 g/mol. The molecule has 0 unspecified atom stereocenters. The van der Waals surface area contributed by atoms with E-state index < -0.39 is 11.5 Å². The van der Waals surface area contributed by atoms with Gasteiger partial charge in [0, 0.05) is 18.2 Å². The van der Waals surface area contributed by atoms with Gasteiger partial charge >= 0.3 is 5.97 Å². The molecule has 134 valence electrons. The molecule has 1 amide bonds. The van der Waals surface area contributed by atoms with Crippen molar-refractivity contribution in [2.45, 2.75) is 32.2 Å². The number of carboxylic acid groups (broad SMARTS) is 1. The summed E-state index contributed by atoms with van der Waals surface area (Å²) in [4.78, 5) is 31.8. The van der Waals surface area contributed by atoms with E-state index in [0.717, 1.165) is 11.0 Å². The summed E-state index contributed by atoms with van der Waals surface area (Å²) in [5.41, 5.74) is 1.61. The van der Waals surface area contributed by atoms with Crippen molar-refractivity contribution >= 4 is 22.9 Å². The number of aromatic nitrogens is 3. The molecule has 0 aliphatic carbocycles. The predicted molar refractivity (Wildman–Crippen MR) is 97.3 cm³/mol. The van der Waals surface area contributed by atoms with E-state index in [0.29, 0.717) is 17.8 Å². The van der Waals surface area contributed by atoms with Crippen LogP contribution in [0.2, 0.25) is 0 Å². The van der Waals surface area contributed by atoms with Gasteiger partial charge in [0.1, 0.15) is 12.1 Å². The number of carboxylic acids is 1. The van der Waals surface area contributed by atoms with Gasteiger partial charge in [-0.25, -0.2) is 9.97 Å². The molecule has 0 aliphatic heterocycles. The van der Waals surface area contributed by atoms with Gasteiger partial charge in [-0.2, -0.15) is 0 Å². The summed E-state index contributed by atoms with van der Waals surface area (Å²) in [5.74, 6) is -0.499. The Morgan fingerprint density at radius 3 is 2.62 bits per heavy atom. The number of hydrogen-bond donors (Lipinski definition) is 2. The smallest absolute Gasteiger partial charge is 0.303 e. The zero-order valence-electron chi connectivity index (χ0n) is 14.6. The fourth-order valence-corrected chi connectivity index (χ4v) is 2.67. The quantitative estimate of drug-likeness (QED) is 0.711. The summed E-state index contributed by atoms with van der Waals surface area (Å²) >= 11 is 0. The van der Waals surface area contributed by atoms with Crippen LogP contribution in [-0.2, 0) is 4.79 Å². The summed E-state index contributed by atoms with van der Waals surface area (Å²) < 4.78 is 1.85. The average molecular weight is 352 g/mol. The summed E-state index contributed by atoms with van der Waals surface area (Å²) in [6, 6.07) is 11.2. The average Bonchev–Trinajstić information content (AvgIpc) is 3.04. The summed E-state index contributed by atoms with van der Waals surface area (Å²) in [5, 5.41) is 11.6. The number of pyridine rings is 1. The first-order valence-electron chi connectivity index (χ1n) is 8.28. The maximum absolute atomic E-state index is 12.4. The van der Waals surface area contributed by atoms with Gasteiger partial charge in [0.05, 0.1) is 16.6 Å². The van der Waals surface area contributed by atoms with Crippen LogP contribution in [0.15, 0.2) is 48.9 Å². The first kappa shape index (κ1) is 17.6. The maximum Gasteiger partial charge on any atom is 0.303 e. The molecule has 2 N–H and O–H groups in total. The van der Waals surface area contributed by atoms with E-state index in [4.69, 9.17) is 5.11 Å². The molecule has 0 saturated carbocycles. The van der Waals surface area contributed by atoms with Crippen LogP contribution in [0.4, 0.5) is 0 Å². The molecule has 26 heavy (non-hydrogen) atoms. The number of nitrogens with one attached hydrogen (secondary N) is 1. The van der Waals surface area contributed by atoms with Gasteiger partial charge in [0.2, 0.25) is 0 Å². The van der Waals surface area contributed by atoms with Gasteiger partial charge in [-0.3, -0.25) is 14.2 Å². The number of fused-ring (bicyclic) bond motifs is 1. The minimum atomic E-state index is -0.883. The second-order valence-corrected chi connectivity index (χ2v) is 6.74. The van der Waals surface area contributed by atoms with Crippen molar-refractivity contribution in [2.75, 3.05) is 0 Å². The monoisotopic (exact) mass is 352 g/mol. The Balaban J connectivity index is 1.75. The molecule has 0 bridgehead atoms. The second-order valence-electron chi connectivity index (χ2n) is 6.74. The lowest BCUT2D eigenvalue weighted by Crippen LogP contribution is -2.43. The van der Waals surface area contributed by atoms with E-state index in [-0.39, 0.29) is 12.3 Å². The maximum atomic E-state index is 12.4. The largest absolute Gasteiger partial charge is 0.481 e. The minimum Gasteiger partial charge on any atom is -0.481 e. The van der Waals surface area contributed by atoms with Crippen LogP contribution in [0.3, 0.4) is 0 Å². The first-order valence-corrected chi connectivity index (χ1v) is 8.28. The van der Waals surface area contributed by atoms with Crippen LogP contribution in [0.25, 0.3) is 16.9 Å². The molecule has 3 rings (SSSR count). The Kier molecular flexibility index (Phi) is 4.71.